The molecular formula is C7H14FN. The van der Waals surface area contributed by atoms with Gasteiger partial charge in [-0.1, -0.05) is 0 Å². The standard InChI is InChI=1S/C7H14FN/c1-6-4-3-5-7(8)9(6)2/h6-7H,3-5H2,1-2H3. The van der Waals surface area contributed by atoms with Gasteiger partial charge in [0.05, 0.1) is 0 Å². The van der Waals surface area contributed by atoms with Gasteiger partial charge in [0.2, 0.25) is 0 Å². The third-order valence-electron chi connectivity index (χ3n) is 2.20. The van der Waals surface area contributed by atoms with Gasteiger partial charge >= 0.3 is 0 Å². The Morgan fingerprint density at radius 3 is 2.56 bits per heavy atom. The Hall–Kier alpha value is -0.110. The fourth-order valence-corrected chi connectivity index (χ4v) is 1.27. The Morgan fingerprint density at radius 2 is 2.11 bits per heavy atom. The van der Waals surface area contributed by atoms with Crippen LogP contribution in [0.5, 0.6) is 0 Å². The van der Waals surface area contributed by atoms with Crippen LogP contribution in [0.1, 0.15) is 26.2 Å². The van der Waals surface area contributed by atoms with Crippen molar-refractivity contribution in [3.05, 3.63) is 0 Å². The van der Waals surface area contributed by atoms with Crippen molar-refractivity contribution in [1.82, 2.24) is 4.90 Å². The number of hydrogen-bond donors (Lipinski definition) is 0. The van der Waals surface area contributed by atoms with E-state index in [4.69, 9.17) is 0 Å². The molecule has 0 amide bonds. The predicted molar refractivity (Wildman–Crippen MR) is 36.0 cm³/mol. The molecular weight excluding hydrogens is 117 g/mol. The van der Waals surface area contributed by atoms with Crippen molar-refractivity contribution in [3.63, 3.8) is 0 Å². The van der Waals surface area contributed by atoms with Crippen LogP contribution in [-0.2, 0) is 0 Å². The molecule has 2 unspecified atom stereocenters. The van der Waals surface area contributed by atoms with Crippen molar-refractivity contribution in [1.29, 1.82) is 0 Å². The van der Waals surface area contributed by atoms with Crippen LogP contribution in [0.15, 0.2) is 0 Å². The quantitative estimate of drug-likeness (QED) is 0.453. The number of piperidine rings is 1. The normalized spacial score (nSPS) is 39.0. The Labute approximate surface area is 55.8 Å². The molecule has 1 saturated heterocycles. The maximum atomic E-state index is 12.8. The summed E-state index contributed by atoms with van der Waals surface area (Å²) < 4.78 is 12.8. The van der Waals surface area contributed by atoms with Crippen LogP contribution in [0.3, 0.4) is 0 Å². The second kappa shape index (κ2) is 2.65. The highest BCUT2D eigenvalue weighted by Gasteiger charge is 2.23. The van der Waals surface area contributed by atoms with Gasteiger partial charge in [0.1, 0.15) is 0 Å². The molecule has 9 heavy (non-hydrogen) atoms. The second-order valence-electron chi connectivity index (χ2n) is 2.88. The third kappa shape index (κ3) is 1.42. The summed E-state index contributed by atoms with van der Waals surface area (Å²) >= 11 is 0. The van der Waals surface area contributed by atoms with Gasteiger partial charge in [0.25, 0.3) is 0 Å². The summed E-state index contributed by atoms with van der Waals surface area (Å²) in [4.78, 5) is 1.81. The van der Waals surface area contributed by atoms with Crippen LogP contribution in [0, 0.1) is 0 Å². The molecule has 54 valence electrons. The fraction of sp³-hybridized carbons (Fsp3) is 1.00. The van der Waals surface area contributed by atoms with Gasteiger partial charge in [-0.2, -0.15) is 0 Å². The topological polar surface area (TPSA) is 3.24 Å². The molecule has 2 atom stereocenters. The molecule has 2 heteroatoms. The summed E-state index contributed by atoms with van der Waals surface area (Å²) in [5, 5.41) is 0. The van der Waals surface area contributed by atoms with Gasteiger partial charge in [-0.15, -0.1) is 0 Å². The largest absolute Gasteiger partial charge is 0.274 e. The molecule has 1 aliphatic heterocycles. The molecule has 0 spiro atoms. The summed E-state index contributed by atoms with van der Waals surface area (Å²) in [5.41, 5.74) is 0. The summed E-state index contributed by atoms with van der Waals surface area (Å²) in [6, 6.07) is 0.439. The zero-order chi connectivity index (χ0) is 6.85. The molecule has 0 N–H and O–H groups in total. The summed E-state index contributed by atoms with van der Waals surface area (Å²) in [7, 11) is 1.86. The van der Waals surface area contributed by atoms with Crippen LogP contribution in [0.25, 0.3) is 0 Å². The van der Waals surface area contributed by atoms with Crippen LogP contribution in [-0.4, -0.2) is 24.3 Å². The highest BCUT2D eigenvalue weighted by Crippen LogP contribution is 2.20. The van der Waals surface area contributed by atoms with Gasteiger partial charge in [-0.25, -0.2) is 4.39 Å². The maximum absolute atomic E-state index is 12.8. The molecule has 1 nitrogen and oxygen atoms in total. The molecule has 0 aromatic heterocycles. The van der Waals surface area contributed by atoms with Crippen molar-refractivity contribution in [3.8, 4) is 0 Å². The molecule has 0 aromatic rings. The van der Waals surface area contributed by atoms with E-state index in [0.29, 0.717) is 6.04 Å². The van der Waals surface area contributed by atoms with Gasteiger partial charge in [0, 0.05) is 6.04 Å². The average molecular weight is 131 g/mol. The molecule has 0 aliphatic carbocycles. The third-order valence-corrected chi connectivity index (χ3v) is 2.20. The SMILES string of the molecule is CC1CCCC(F)N1C. The highest BCUT2D eigenvalue weighted by atomic mass is 19.1. The van der Waals surface area contributed by atoms with Crippen LogP contribution >= 0.6 is 0 Å². The van der Waals surface area contributed by atoms with E-state index < -0.39 is 6.30 Å². The van der Waals surface area contributed by atoms with E-state index in [1.54, 1.807) is 0 Å². The van der Waals surface area contributed by atoms with Crippen molar-refractivity contribution < 1.29 is 4.39 Å². The lowest BCUT2D eigenvalue weighted by atomic mass is 10.0. The van der Waals surface area contributed by atoms with E-state index in [9.17, 15) is 4.39 Å². The Kier molecular flexibility index (Phi) is 2.06. The Morgan fingerprint density at radius 1 is 1.44 bits per heavy atom. The lowest BCUT2D eigenvalue weighted by Gasteiger charge is -2.32. The van der Waals surface area contributed by atoms with Crippen LogP contribution in [0.2, 0.25) is 0 Å². The first-order chi connectivity index (χ1) is 4.22. The van der Waals surface area contributed by atoms with Crippen molar-refractivity contribution in [2.24, 2.45) is 0 Å². The lowest BCUT2D eigenvalue weighted by Crippen LogP contribution is -2.39. The zero-order valence-electron chi connectivity index (χ0n) is 6.10. The summed E-state index contributed by atoms with van der Waals surface area (Å²) in [6.45, 7) is 2.08. The minimum atomic E-state index is -0.686. The molecule has 1 heterocycles. The number of hydrogen-bond acceptors (Lipinski definition) is 1. The highest BCUT2D eigenvalue weighted by molar-refractivity contribution is 4.72. The number of halogens is 1. The number of rotatable bonds is 0. The second-order valence-corrected chi connectivity index (χ2v) is 2.88. The first kappa shape index (κ1) is 7.00. The van der Waals surface area contributed by atoms with Crippen molar-refractivity contribution >= 4 is 0 Å². The van der Waals surface area contributed by atoms with E-state index in [1.807, 2.05) is 11.9 Å². The lowest BCUT2D eigenvalue weighted by molar-refractivity contribution is 0.0328. The van der Waals surface area contributed by atoms with Crippen LogP contribution < -0.4 is 0 Å². The van der Waals surface area contributed by atoms with E-state index >= 15 is 0 Å². The van der Waals surface area contributed by atoms with Gasteiger partial charge in [-0.3, -0.25) is 4.90 Å². The monoisotopic (exact) mass is 131 g/mol. The maximum Gasteiger partial charge on any atom is 0.153 e. The average Bonchev–Trinajstić information content (AvgIpc) is 1.83. The van der Waals surface area contributed by atoms with Crippen molar-refractivity contribution in [2.75, 3.05) is 7.05 Å². The van der Waals surface area contributed by atoms with Gasteiger partial charge < -0.3 is 0 Å². The first-order valence-electron chi connectivity index (χ1n) is 3.58. The summed E-state index contributed by atoms with van der Waals surface area (Å²) in [6.07, 6.45) is 2.23. The Balaban J connectivity index is 2.41. The molecule has 0 radical (unpaired) electrons. The smallest absolute Gasteiger partial charge is 0.153 e. The minimum Gasteiger partial charge on any atom is -0.274 e. The zero-order valence-corrected chi connectivity index (χ0v) is 6.10. The molecule has 0 aromatic carbocycles. The molecule has 0 bridgehead atoms. The van der Waals surface area contributed by atoms with Crippen molar-refractivity contribution in [2.45, 2.75) is 38.5 Å². The van der Waals surface area contributed by atoms with E-state index in [2.05, 4.69) is 6.92 Å². The molecule has 1 rings (SSSR count). The molecule has 1 fully saturated rings. The van der Waals surface area contributed by atoms with E-state index in [0.717, 1.165) is 19.3 Å². The Bertz CT molecular complexity index is 84.9. The first-order valence-corrected chi connectivity index (χ1v) is 3.58. The van der Waals surface area contributed by atoms with Gasteiger partial charge in [0.15, 0.2) is 6.30 Å². The van der Waals surface area contributed by atoms with Gasteiger partial charge in [-0.05, 0) is 33.2 Å². The van der Waals surface area contributed by atoms with E-state index in [-0.39, 0.29) is 0 Å². The molecule has 0 saturated carbocycles. The van der Waals surface area contributed by atoms with Crippen LogP contribution in [0.4, 0.5) is 4.39 Å². The number of alkyl halides is 1. The summed E-state index contributed by atoms with van der Waals surface area (Å²) in [5.74, 6) is 0. The number of likely N-dealkylation sites (tertiary alicyclic amines) is 1. The number of nitrogens with zero attached hydrogens (tertiary/aromatic N) is 1. The predicted octanol–water partition coefficient (Wildman–Crippen LogP) is 1.79. The van der Waals surface area contributed by atoms with E-state index in [1.165, 1.54) is 0 Å². The minimum absolute atomic E-state index is 0.439. The molecule has 1 aliphatic rings. The fourth-order valence-electron chi connectivity index (χ4n) is 1.27.